The molecule has 2 heterocycles. The molecule has 1 saturated heterocycles. The predicted molar refractivity (Wildman–Crippen MR) is 130 cm³/mol. The van der Waals surface area contributed by atoms with Crippen molar-refractivity contribution in [1.29, 1.82) is 0 Å². The van der Waals surface area contributed by atoms with Gasteiger partial charge in [0.25, 0.3) is 6.43 Å². The monoisotopic (exact) mass is 500 g/mol. The van der Waals surface area contributed by atoms with E-state index in [0.717, 1.165) is 11.6 Å². The van der Waals surface area contributed by atoms with E-state index in [1.54, 1.807) is 17.0 Å². The van der Waals surface area contributed by atoms with Crippen molar-refractivity contribution in [2.24, 2.45) is 0 Å². The highest BCUT2D eigenvalue weighted by Gasteiger charge is 2.36. The minimum Gasteiger partial charge on any atom is -0.385 e. The van der Waals surface area contributed by atoms with Crippen molar-refractivity contribution in [3.8, 4) is 0 Å². The van der Waals surface area contributed by atoms with Crippen LogP contribution in [0.15, 0.2) is 47.8 Å². The van der Waals surface area contributed by atoms with E-state index in [9.17, 15) is 27.9 Å². The maximum absolute atomic E-state index is 14.8. The summed E-state index contributed by atoms with van der Waals surface area (Å²) in [6, 6.07) is 6.16. The molecule has 0 radical (unpaired) electrons. The smallest absolute Gasteiger partial charge is 0.347 e. The van der Waals surface area contributed by atoms with E-state index in [-0.39, 0.29) is 17.3 Å². The summed E-state index contributed by atoms with van der Waals surface area (Å²) in [5.74, 6) is -1.03. The summed E-state index contributed by atoms with van der Waals surface area (Å²) in [6.07, 6.45) is -0.990. The average Bonchev–Trinajstić information content (AvgIpc) is 2.82. The molecular weight excluding hydrogens is 473 g/mol. The molecule has 1 aliphatic heterocycles. The third kappa shape index (κ3) is 4.73. The summed E-state index contributed by atoms with van der Waals surface area (Å²) in [7, 11) is 0. The Labute approximate surface area is 205 Å². The van der Waals surface area contributed by atoms with Crippen LogP contribution in [-0.4, -0.2) is 39.0 Å². The highest BCUT2D eigenvalue weighted by molar-refractivity contribution is 5.90. The number of hydrogen-bond acceptors (Lipinski definition) is 5. The van der Waals surface area contributed by atoms with Gasteiger partial charge in [-0.2, -0.15) is 4.98 Å². The fourth-order valence-corrected chi connectivity index (χ4v) is 4.77. The van der Waals surface area contributed by atoms with Gasteiger partial charge in [-0.25, -0.2) is 18.0 Å². The molecule has 3 N–H and O–H groups in total. The Morgan fingerprint density at radius 3 is 2.56 bits per heavy atom. The number of fused-ring (bicyclic) bond motifs is 1. The Bertz CT molecular complexity index is 1380. The van der Waals surface area contributed by atoms with Gasteiger partial charge in [0.15, 0.2) is 0 Å². The van der Waals surface area contributed by atoms with Crippen LogP contribution in [0.5, 0.6) is 0 Å². The Morgan fingerprint density at radius 1 is 1.28 bits per heavy atom. The normalized spacial score (nSPS) is 16.2. The van der Waals surface area contributed by atoms with Gasteiger partial charge >= 0.3 is 5.69 Å². The number of H-pyrrole nitrogens is 1. The molecule has 1 amide bonds. The lowest BCUT2D eigenvalue weighted by atomic mass is 9.81. The summed E-state index contributed by atoms with van der Waals surface area (Å²) in [5.41, 5.74) is -0.861. The number of piperidine rings is 1. The molecule has 2 aromatic carbocycles. The number of aromatic nitrogens is 2. The van der Waals surface area contributed by atoms with Gasteiger partial charge < -0.3 is 20.3 Å². The molecule has 190 valence electrons. The molecule has 10 heteroatoms. The third-order valence-corrected chi connectivity index (χ3v) is 6.77. The quantitative estimate of drug-likeness (QED) is 0.434. The first-order valence-electron chi connectivity index (χ1n) is 11.5. The summed E-state index contributed by atoms with van der Waals surface area (Å²) < 4.78 is 41.3. The number of benzene rings is 2. The SMILES string of the molecule is C=C[C@@H](Nc1nc(=O)[nH]c2cc(C)c(C3(O)CCN(C(C)=O)CC3)cc12)c1cccc(C(F)F)c1F. The molecule has 0 unspecified atom stereocenters. The van der Waals surface area contributed by atoms with Crippen LogP contribution >= 0.6 is 0 Å². The number of amides is 1. The van der Waals surface area contributed by atoms with Gasteiger partial charge in [0.1, 0.15) is 11.6 Å². The van der Waals surface area contributed by atoms with Crippen LogP contribution in [0.4, 0.5) is 19.0 Å². The van der Waals surface area contributed by atoms with Crippen LogP contribution in [0.25, 0.3) is 10.9 Å². The van der Waals surface area contributed by atoms with E-state index in [2.05, 4.69) is 21.9 Å². The number of carbonyl (C=O) groups is 1. The molecule has 7 nitrogen and oxygen atoms in total. The Morgan fingerprint density at radius 2 is 1.94 bits per heavy atom. The first-order valence-corrected chi connectivity index (χ1v) is 11.5. The highest BCUT2D eigenvalue weighted by atomic mass is 19.3. The van der Waals surface area contributed by atoms with Gasteiger partial charge in [0, 0.05) is 31.0 Å². The molecule has 0 spiro atoms. The summed E-state index contributed by atoms with van der Waals surface area (Å²) in [6.45, 7) is 7.79. The lowest BCUT2D eigenvalue weighted by Crippen LogP contribution is -2.44. The van der Waals surface area contributed by atoms with E-state index >= 15 is 0 Å². The molecule has 0 bridgehead atoms. The van der Waals surface area contributed by atoms with Gasteiger partial charge in [-0.05, 0) is 43.0 Å². The molecule has 3 aromatic rings. The highest BCUT2D eigenvalue weighted by Crippen LogP contribution is 2.38. The zero-order valence-electron chi connectivity index (χ0n) is 19.9. The standard InChI is InChI=1S/C26H27F3N4O3/c1-4-20(16-6-5-7-17(22(16)27)23(28)29)30-24-18-13-19(14(2)12-21(18)31-25(35)32-24)26(36)8-10-33(11-9-26)15(3)34/h4-7,12-13,20,23,36H,1,8-11H2,2-3H3,(H2,30,31,32,35)/t20-/m1/s1. The number of nitrogens with one attached hydrogen (secondary N) is 2. The number of alkyl halides is 2. The van der Waals surface area contributed by atoms with Gasteiger partial charge in [0.2, 0.25) is 5.91 Å². The minimum absolute atomic E-state index is 0.0563. The maximum Gasteiger partial charge on any atom is 0.347 e. The lowest BCUT2D eigenvalue weighted by molar-refractivity contribution is -0.133. The van der Waals surface area contributed by atoms with E-state index in [1.807, 2.05) is 6.92 Å². The van der Waals surface area contributed by atoms with Crippen molar-refractivity contribution < 1.29 is 23.1 Å². The van der Waals surface area contributed by atoms with Crippen molar-refractivity contribution in [2.75, 3.05) is 18.4 Å². The molecule has 1 atom stereocenters. The molecule has 4 rings (SSSR count). The first-order chi connectivity index (χ1) is 17.0. The van der Waals surface area contributed by atoms with Gasteiger partial charge in [0.05, 0.1) is 22.7 Å². The maximum atomic E-state index is 14.8. The summed E-state index contributed by atoms with van der Waals surface area (Å²) >= 11 is 0. The summed E-state index contributed by atoms with van der Waals surface area (Å²) in [5, 5.41) is 14.9. The Hall–Kier alpha value is -3.66. The third-order valence-electron chi connectivity index (χ3n) is 6.77. The number of hydrogen-bond donors (Lipinski definition) is 3. The zero-order valence-corrected chi connectivity index (χ0v) is 19.9. The second-order valence-corrected chi connectivity index (χ2v) is 9.05. The van der Waals surface area contributed by atoms with Crippen LogP contribution < -0.4 is 11.0 Å². The van der Waals surface area contributed by atoms with E-state index < -0.39 is 35.1 Å². The Kier molecular flexibility index (Phi) is 6.90. The van der Waals surface area contributed by atoms with Gasteiger partial charge in [-0.3, -0.25) is 4.79 Å². The lowest BCUT2D eigenvalue weighted by Gasteiger charge is -2.39. The van der Waals surface area contributed by atoms with Crippen LogP contribution in [-0.2, 0) is 10.4 Å². The number of nitrogens with zero attached hydrogens (tertiary/aromatic N) is 2. The molecule has 36 heavy (non-hydrogen) atoms. The van der Waals surface area contributed by atoms with Gasteiger partial charge in [-0.15, -0.1) is 6.58 Å². The van der Waals surface area contributed by atoms with Crippen molar-refractivity contribution in [3.63, 3.8) is 0 Å². The van der Waals surface area contributed by atoms with Gasteiger partial charge in [-0.1, -0.05) is 24.3 Å². The second kappa shape index (κ2) is 9.77. The van der Waals surface area contributed by atoms with Crippen molar-refractivity contribution in [1.82, 2.24) is 14.9 Å². The molecule has 1 fully saturated rings. The topological polar surface area (TPSA) is 98.3 Å². The number of aromatic amines is 1. The number of aliphatic hydroxyl groups is 1. The molecule has 0 aliphatic carbocycles. The number of anilines is 1. The number of carbonyl (C=O) groups excluding carboxylic acids is 1. The zero-order chi connectivity index (χ0) is 26.2. The number of likely N-dealkylation sites (tertiary alicyclic amines) is 1. The fraction of sp³-hybridized carbons (Fsp3) is 0.346. The van der Waals surface area contributed by atoms with Crippen molar-refractivity contribution in [2.45, 2.75) is 44.8 Å². The van der Waals surface area contributed by atoms with Crippen LogP contribution in [0.3, 0.4) is 0 Å². The second-order valence-electron chi connectivity index (χ2n) is 9.05. The Balaban J connectivity index is 1.77. The van der Waals surface area contributed by atoms with E-state index in [0.29, 0.717) is 42.4 Å². The molecular formula is C26H27F3N4O3. The molecule has 1 aliphatic rings. The molecule has 0 saturated carbocycles. The number of rotatable bonds is 6. The molecule has 1 aromatic heterocycles. The van der Waals surface area contributed by atoms with E-state index in [4.69, 9.17) is 0 Å². The average molecular weight is 501 g/mol. The van der Waals surface area contributed by atoms with Crippen LogP contribution in [0.1, 0.15) is 54.5 Å². The summed E-state index contributed by atoms with van der Waals surface area (Å²) in [4.78, 5) is 32.3. The van der Waals surface area contributed by atoms with Crippen molar-refractivity contribution >= 4 is 22.6 Å². The minimum atomic E-state index is -2.99. The first kappa shape index (κ1) is 25.4. The number of halogens is 3. The van der Waals surface area contributed by atoms with E-state index in [1.165, 1.54) is 25.1 Å². The van der Waals surface area contributed by atoms with Crippen LogP contribution in [0, 0.1) is 12.7 Å². The number of aryl methyl sites for hydroxylation is 1. The fourth-order valence-electron chi connectivity index (χ4n) is 4.77. The van der Waals surface area contributed by atoms with Crippen molar-refractivity contribution in [3.05, 3.63) is 81.5 Å². The van der Waals surface area contributed by atoms with Crippen LogP contribution in [0.2, 0.25) is 0 Å². The predicted octanol–water partition coefficient (Wildman–Crippen LogP) is 4.48. The largest absolute Gasteiger partial charge is 0.385 e.